The molecule has 3 nitrogen and oxygen atoms in total. The van der Waals surface area contributed by atoms with Crippen LogP contribution in [0.15, 0.2) is 12.7 Å². The highest BCUT2D eigenvalue weighted by molar-refractivity contribution is 4.73. The minimum atomic E-state index is -0.415. The van der Waals surface area contributed by atoms with Gasteiger partial charge in [0.2, 0.25) is 6.04 Å². The van der Waals surface area contributed by atoms with Crippen LogP contribution in [-0.4, -0.2) is 11.0 Å². The summed E-state index contributed by atoms with van der Waals surface area (Å²) in [5.74, 6) is 0.213. The van der Waals surface area contributed by atoms with Crippen LogP contribution in [0.25, 0.3) is 0 Å². The summed E-state index contributed by atoms with van der Waals surface area (Å²) in [6, 6.07) is -0.415. The molecule has 0 radical (unpaired) electrons. The topological polar surface area (TPSA) is 43.1 Å². The summed E-state index contributed by atoms with van der Waals surface area (Å²) in [7, 11) is 0. The molecule has 0 N–H and O–H groups in total. The Hall–Kier alpha value is -0.860. The van der Waals surface area contributed by atoms with E-state index in [1.807, 2.05) is 6.08 Å². The van der Waals surface area contributed by atoms with E-state index in [1.54, 1.807) is 6.92 Å². The summed E-state index contributed by atoms with van der Waals surface area (Å²) in [6.45, 7) is 7.53. The Labute approximate surface area is 92.7 Å². The van der Waals surface area contributed by atoms with Gasteiger partial charge in [0.25, 0.3) is 0 Å². The number of nitrogens with zero attached hydrogens (tertiary/aromatic N) is 1. The molecule has 0 saturated carbocycles. The third kappa shape index (κ3) is 6.26. The van der Waals surface area contributed by atoms with Gasteiger partial charge in [-0.1, -0.05) is 32.3 Å². The fourth-order valence-electron chi connectivity index (χ4n) is 1.79. The van der Waals surface area contributed by atoms with Crippen molar-refractivity contribution in [3.8, 4) is 0 Å². The minimum Gasteiger partial charge on any atom is -0.264 e. The summed E-state index contributed by atoms with van der Waals surface area (Å²) in [4.78, 5) is 10.6. The van der Waals surface area contributed by atoms with E-state index in [2.05, 4.69) is 13.5 Å². The van der Waals surface area contributed by atoms with Crippen LogP contribution < -0.4 is 0 Å². The van der Waals surface area contributed by atoms with Gasteiger partial charge < -0.3 is 0 Å². The van der Waals surface area contributed by atoms with E-state index < -0.39 is 6.04 Å². The normalized spacial score (nSPS) is 14.5. The molecule has 0 aromatic rings. The van der Waals surface area contributed by atoms with E-state index >= 15 is 0 Å². The van der Waals surface area contributed by atoms with Crippen LogP contribution >= 0.6 is 0 Å². The van der Waals surface area contributed by atoms with Gasteiger partial charge in [-0.25, -0.2) is 0 Å². The lowest BCUT2D eigenvalue weighted by Gasteiger charge is -2.17. The molecule has 0 fully saturated rings. The fraction of sp³-hybridized carbons (Fsp3) is 0.833. The Morgan fingerprint density at radius 2 is 2.07 bits per heavy atom. The van der Waals surface area contributed by atoms with E-state index in [0.717, 1.165) is 25.7 Å². The van der Waals surface area contributed by atoms with Gasteiger partial charge in [0.15, 0.2) is 0 Å². The second-order valence-corrected chi connectivity index (χ2v) is 4.15. The molecule has 0 aliphatic heterocycles. The molecule has 0 aliphatic rings. The van der Waals surface area contributed by atoms with E-state index in [-0.39, 0.29) is 10.8 Å². The van der Waals surface area contributed by atoms with E-state index in [0.29, 0.717) is 0 Å². The highest BCUT2D eigenvalue weighted by atomic mass is 16.6. The predicted octanol–water partition coefficient (Wildman–Crippen LogP) is 3.81. The van der Waals surface area contributed by atoms with Crippen molar-refractivity contribution in [2.45, 2.75) is 58.4 Å². The Bertz CT molecular complexity index is 192. The van der Waals surface area contributed by atoms with Gasteiger partial charge in [0.05, 0.1) is 0 Å². The van der Waals surface area contributed by atoms with Crippen LogP contribution in [-0.2, 0) is 0 Å². The Kier molecular flexibility index (Phi) is 7.96. The van der Waals surface area contributed by atoms with Crippen molar-refractivity contribution >= 4 is 0 Å². The maximum Gasteiger partial charge on any atom is 0.213 e. The summed E-state index contributed by atoms with van der Waals surface area (Å²) in [6.07, 6.45) is 8.06. The molecule has 2 unspecified atom stereocenters. The lowest BCUT2D eigenvalue weighted by Crippen LogP contribution is -2.25. The van der Waals surface area contributed by atoms with Gasteiger partial charge in [0.1, 0.15) is 0 Å². The van der Waals surface area contributed by atoms with Gasteiger partial charge >= 0.3 is 0 Å². The first kappa shape index (κ1) is 14.1. The molecule has 0 heterocycles. The monoisotopic (exact) mass is 213 g/mol. The molecule has 0 aliphatic carbocycles. The molecule has 0 aromatic heterocycles. The van der Waals surface area contributed by atoms with Gasteiger partial charge in [-0.3, -0.25) is 10.1 Å². The molecule has 0 saturated heterocycles. The van der Waals surface area contributed by atoms with Crippen molar-refractivity contribution in [1.82, 2.24) is 0 Å². The quantitative estimate of drug-likeness (QED) is 0.253. The summed E-state index contributed by atoms with van der Waals surface area (Å²) >= 11 is 0. The number of nitro groups is 1. The van der Waals surface area contributed by atoms with Crippen LogP contribution in [0.4, 0.5) is 0 Å². The molecule has 0 aromatic carbocycles. The third-order valence-electron chi connectivity index (χ3n) is 2.93. The minimum absolute atomic E-state index is 0.153. The van der Waals surface area contributed by atoms with E-state index in [9.17, 15) is 10.1 Å². The smallest absolute Gasteiger partial charge is 0.213 e. The summed E-state index contributed by atoms with van der Waals surface area (Å²) < 4.78 is 0. The fourth-order valence-corrected chi connectivity index (χ4v) is 1.79. The molecule has 0 rings (SSSR count). The third-order valence-corrected chi connectivity index (χ3v) is 2.93. The van der Waals surface area contributed by atoms with Gasteiger partial charge in [-0.15, -0.1) is 6.58 Å². The van der Waals surface area contributed by atoms with Crippen molar-refractivity contribution in [3.63, 3.8) is 0 Å². The van der Waals surface area contributed by atoms with Gasteiger partial charge in [0, 0.05) is 17.8 Å². The molecule has 88 valence electrons. The zero-order valence-electron chi connectivity index (χ0n) is 9.95. The zero-order valence-corrected chi connectivity index (χ0v) is 9.95. The standard InChI is InChI=1S/C12H23NO2/c1-4-6-8-10-12(9-7-5-2)11(3)13(14)15/h5,11-12H,2,4,6-10H2,1,3H3. The van der Waals surface area contributed by atoms with Crippen LogP contribution in [0.2, 0.25) is 0 Å². The first-order valence-electron chi connectivity index (χ1n) is 5.87. The average molecular weight is 213 g/mol. The first-order chi connectivity index (χ1) is 7.13. The number of unbranched alkanes of at least 4 members (excludes halogenated alkanes) is 2. The van der Waals surface area contributed by atoms with Crippen molar-refractivity contribution in [2.75, 3.05) is 0 Å². The van der Waals surface area contributed by atoms with Crippen molar-refractivity contribution < 1.29 is 4.92 Å². The SMILES string of the molecule is C=CCCC(CCCCC)C(C)[N+](=O)[O-]. The van der Waals surface area contributed by atoms with E-state index in [1.165, 1.54) is 12.8 Å². The lowest BCUT2D eigenvalue weighted by atomic mass is 9.90. The molecule has 15 heavy (non-hydrogen) atoms. The molecule has 0 spiro atoms. The Morgan fingerprint density at radius 1 is 1.40 bits per heavy atom. The van der Waals surface area contributed by atoms with Crippen LogP contribution in [0.5, 0.6) is 0 Å². The molecular formula is C12H23NO2. The van der Waals surface area contributed by atoms with Crippen LogP contribution in [0.3, 0.4) is 0 Å². The van der Waals surface area contributed by atoms with Crippen molar-refractivity contribution in [3.05, 3.63) is 22.8 Å². The average Bonchev–Trinajstić information content (AvgIpc) is 2.22. The second kappa shape index (κ2) is 8.45. The van der Waals surface area contributed by atoms with Gasteiger partial charge in [-0.05, 0) is 19.3 Å². The maximum atomic E-state index is 10.7. The Balaban J connectivity index is 4.04. The first-order valence-corrected chi connectivity index (χ1v) is 5.87. The van der Waals surface area contributed by atoms with Crippen LogP contribution in [0.1, 0.15) is 52.4 Å². The number of allylic oxidation sites excluding steroid dienone is 1. The summed E-state index contributed by atoms with van der Waals surface area (Å²) in [5.41, 5.74) is 0. The molecule has 0 bridgehead atoms. The van der Waals surface area contributed by atoms with Crippen molar-refractivity contribution in [1.29, 1.82) is 0 Å². The zero-order chi connectivity index (χ0) is 11.7. The molecular weight excluding hydrogens is 190 g/mol. The summed E-state index contributed by atoms with van der Waals surface area (Å²) in [5, 5.41) is 10.7. The van der Waals surface area contributed by atoms with E-state index in [4.69, 9.17) is 0 Å². The number of rotatable bonds is 9. The predicted molar refractivity (Wildman–Crippen MR) is 63.5 cm³/mol. The number of hydrogen-bond acceptors (Lipinski definition) is 2. The lowest BCUT2D eigenvalue weighted by molar-refractivity contribution is -0.528. The van der Waals surface area contributed by atoms with Crippen molar-refractivity contribution in [2.24, 2.45) is 5.92 Å². The molecule has 2 atom stereocenters. The largest absolute Gasteiger partial charge is 0.264 e. The Morgan fingerprint density at radius 3 is 2.53 bits per heavy atom. The second-order valence-electron chi connectivity index (χ2n) is 4.15. The highest BCUT2D eigenvalue weighted by Gasteiger charge is 2.24. The van der Waals surface area contributed by atoms with Gasteiger partial charge in [-0.2, -0.15) is 0 Å². The molecule has 3 heteroatoms. The van der Waals surface area contributed by atoms with Crippen LogP contribution in [0, 0.1) is 16.0 Å². The maximum absolute atomic E-state index is 10.7. The number of hydrogen-bond donors (Lipinski definition) is 0. The highest BCUT2D eigenvalue weighted by Crippen LogP contribution is 2.21. The molecule has 0 amide bonds.